The summed E-state index contributed by atoms with van der Waals surface area (Å²) < 4.78 is 19.4. The lowest BCUT2D eigenvalue weighted by Crippen LogP contribution is -2.88. The fourth-order valence-corrected chi connectivity index (χ4v) is 6.31. The van der Waals surface area contributed by atoms with Crippen LogP contribution < -0.4 is 37.1 Å². The number of aliphatic hydroxyl groups excluding tert-OH is 1. The van der Waals surface area contributed by atoms with Gasteiger partial charge in [0.1, 0.15) is 23.6 Å². The fourth-order valence-electron chi connectivity index (χ4n) is 6.31. The molecule has 0 saturated carbocycles. The fraction of sp³-hybridized carbons (Fsp3) is 0.444. The number of guanidine groups is 2. The first-order valence-corrected chi connectivity index (χ1v) is 13.5. The summed E-state index contributed by atoms with van der Waals surface area (Å²) in [5, 5.41) is 20.5. The van der Waals surface area contributed by atoms with Crippen molar-refractivity contribution in [3.05, 3.63) is 59.2 Å². The standard InChI is InChI=1S/C27H32FN9O4/c1-26(2)9-10-41-19-13(5-3-6-14(19)26)22(39)33-17-12-37-25(30)34-16(20-27(37,21(17)38)36-24(29)35-20)11-31-23(40)15-7-4-8-18(28)32-15/h3-8,16-17,20-21,38H,9-12H2,1-2H3,(H2,30,34)(H,31,40)(H,33,39)(H3,29,35,36)/p+1/t16-,17?,20-,21+,27-/m0/s1. The van der Waals surface area contributed by atoms with Crippen LogP contribution in [0.5, 0.6) is 5.75 Å². The van der Waals surface area contributed by atoms with E-state index < -0.39 is 41.7 Å². The number of nitrogens with zero attached hydrogens (tertiary/aromatic N) is 3. The number of benzene rings is 1. The Bertz CT molecular complexity index is 1480. The number of fused-ring (bicyclic) bond motifs is 1. The number of aliphatic imine (C=N–C) groups is 1. The highest BCUT2D eigenvalue weighted by atomic mass is 19.1. The number of ether oxygens (including phenoxy) is 1. The Labute approximate surface area is 235 Å². The predicted octanol–water partition coefficient (Wildman–Crippen LogP) is -2.75. The van der Waals surface area contributed by atoms with Crippen molar-refractivity contribution in [2.75, 3.05) is 19.7 Å². The molecule has 0 aliphatic carbocycles. The first-order valence-electron chi connectivity index (χ1n) is 13.5. The lowest BCUT2D eigenvalue weighted by atomic mass is 9.79. The van der Waals surface area contributed by atoms with E-state index >= 15 is 0 Å². The number of carbonyl (C=O) groups excluding carboxylic acids is 2. The number of para-hydroxylation sites is 1. The number of pyridine rings is 1. The summed E-state index contributed by atoms with van der Waals surface area (Å²) in [6, 6.07) is 7.36. The molecule has 1 spiro atoms. The summed E-state index contributed by atoms with van der Waals surface area (Å²) in [4.78, 5) is 39.1. The third kappa shape index (κ3) is 4.29. The van der Waals surface area contributed by atoms with Crippen LogP contribution >= 0.6 is 0 Å². The van der Waals surface area contributed by atoms with Gasteiger partial charge in [0.05, 0.1) is 18.2 Å². The number of rotatable bonds is 5. The summed E-state index contributed by atoms with van der Waals surface area (Å²) in [6.45, 7) is 4.87. The van der Waals surface area contributed by atoms with Crippen LogP contribution in [0.3, 0.4) is 0 Å². The van der Waals surface area contributed by atoms with E-state index in [-0.39, 0.29) is 42.0 Å². The Morgan fingerprint density at radius 3 is 2.80 bits per heavy atom. The number of halogens is 1. The van der Waals surface area contributed by atoms with Crippen LogP contribution in [0.25, 0.3) is 0 Å². The highest BCUT2D eigenvalue weighted by Crippen LogP contribution is 2.41. The SMILES string of the molecule is CC1(C)CCOc2c(C(=O)NC3CN4C(N)=N[C@@H](CNC(=O)c5cccc(F)n5)[C@@H]5[NH+]=C(N)N[C@@]54[C@@H]3O)cccc21. The first kappa shape index (κ1) is 26.7. The molecule has 1 aromatic heterocycles. The molecule has 1 aromatic carbocycles. The normalized spacial score (nSPS) is 29.1. The Morgan fingerprint density at radius 2 is 2.02 bits per heavy atom. The van der Waals surface area contributed by atoms with Crippen molar-refractivity contribution in [1.82, 2.24) is 25.8 Å². The van der Waals surface area contributed by atoms with Gasteiger partial charge < -0.3 is 31.1 Å². The van der Waals surface area contributed by atoms with Crippen molar-refractivity contribution in [2.24, 2.45) is 16.5 Å². The molecular formula is C27H33FN9O4+. The topological polar surface area (TPSA) is 194 Å². The van der Waals surface area contributed by atoms with Gasteiger partial charge in [0.2, 0.25) is 11.6 Å². The third-order valence-electron chi connectivity index (χ3n) is 8.44. The van der Waals surface area contributed by atoms with Crippen molar-refractivity contribution < 1.29 is 28.8 Å². The number of nitrogens with two attached hydrogens (primary N) is 2. The number of carbonyl (C=O) groups is 2. The lowest BCUT2D eigenvalue weighted by molar-refractivity contribution is -0.513. The maximum absolute atomic E-state index is 13.5. The largest absolute Gasteiger partial charge is 0.492 e. The zero-order valence-corrected chi connectivity index (χ0v) is 22.6. The molecule has 5 heterocycles. The first-order chi connectivity index (χ1) is 19.5. The average molecular weight is 567 g/mol. The average Bonchev–Trinajstić information content (AvgIpc) is 3.43. The second-order valence-electron chi connectivity index (χ2n) is 11.4. The molecule has 6 rings (SSSR count). The summed E-state index contributed by atoms with van der Waals surface area (Å²) >= 11 is 0. The molecule has 216 valence electrons. The Hall–Kier alpha value is -4.46. The molecule has 4 aliphatic rings. The van der Waals surface area contributed by atoms with Gasteiger partial charge in [0.25, 0.3) is 11.8 Å². The van der Waals surface area contributed by atoms with Crippen LogP contribution in [0.1, 0.15) is 46.7 Å². The van der Waals surface area contributed by atoms with Crippen LogP contribution in [0, 0.1) is 5.95 Å². The van der Waals surface area contributed by atoms with E-state index in [0.29, 0.717) is 17.9 Å². The molecule has 1 saturated heterocycles. The van der Waals surface area contributed by atoms with E-state index in [0.717, 1.165) is 18.1 Å². The van der Waals surface area contributed by atoms with Crippen molar-refractivity contribution in [1.29, 1.82) is 0 Å². The molecule has 14 heteroatoms. The van der Waals surface area contributed by atoms with E-state index in [4.69, 9.17) is 16.2 Å². The van der Waals surface area contributed by atoms with Gasteiger partial charge in [0, 0.05) is 18.7 Å². The number of hydrogen-bond acceptors (Lipinski definition) is 10. The smallest absolute Gasteiger partial charge is 0.343 e. The zero-order chi connectivity index (χ0) is 29.1. The van der Waals surface area contributed by atoms with Gasteiger partial charge in [-0.1, -0.05) is 32.0 Å². The van der Waals surface area contributed by atoms with Gasteiger partial charge in [0.15, 0.2) is 12.0 Å². The van der Waals surface area contributed by atoms with E-state index in [2.05, 4.69) is 44.8 Å². The minimum atomic E-state index is -1.25. The molecule has 13 nitrogen and oxygen atoms in total. The van der Waals surface area contributed by atoms with Crippen LogP contribution in [-0.4, -0.2) is 88.3 Å². The third-order valence-corrected chi connectivity index (χ3v) is 8.44. The van der Waals surface area contributed by atoms with E-state index in [1.165, 1.54) is 12.1 Å². The number of aromatic nitrogens is 1. The van der Waals surface area contributed by atoms with E-state index in [9.17, 15) is 19.1 Å². The van der Waals surface area contributed by atoms with E-state index in [1.54, 1.807) is 11.0 Å². The predicted molar refractivity (Wildman–Crippen MR) is 145 cm³/mol. The molecule has 2 amide bonds. The summed E-state index contributed by atoms with van der Waals surface area (Å²) in [5.74, 6) is -0.916. The zero-order valence-electron chi connectivity index (χ0n) is 22.6. The maximum Gasteiger partial charge on any atom is 0.343 e. The molecule has 1 unspecified atom stereocenters. The minimum Gasteiger partial charge on any atom is -0.492 e. The van der Waals surface area contributed by atoms with Crippen molar-refractivity contribution in [3.8, 4) is 5.75 Å². The van der Waals surface area contributed by atoms with Crippen LogP contribution in [0.15, 0.2) is 41.4 Å². The number of nitrogens with one attached hydrogen (secondary N) is 4. The molecule has 9 N–H and O–H groups in total. The van der Waals surface area contributed by atoms with E-state index in [1.807, 2.05) is 12.1 Å². The van der Waals surface area contributed by atoms with Gasteiger partial charge in [-0.05, 0) is 30.0 Å². The highest BCUT2D eigenvalue weighted by Gasteiger charge is 2.68. The summed E-state index contributed by atoms with van der Waals surface area (Å²) in [5.41, 5.74) is 12.4. The number of aliphatic hydroxyl groups is 1. The molecule has 41 heavy (non-hydrogen) atoms. The molecular weight excluding hydrogens is 533 g/mol. The molecule has 0 radical (unpaired) electrons. The second kappa shape index (κ2) is 9.58. The van der Waals surface area contributed by atoms with Crippen LogP contribution in [0.4, 0.5) is 4.39 Å². The Kier molecular flexibility index (Phi) is 6.25. The quantitative estimate of drug-likeness (QED) is 0.188. The van der Waals surface area contributed by atoms with Gasteiger partial charge in [-0.15, -0.1) is 0 Å². The lowest BCUT2D eigenvalue weighted by Gasteiger charge is -2.43. The molecule has 2 aromatic rings. The minimum absolute atomic E-state index is 0.00698. The van der Waals surface area contributed by atoms with Crippen LogP contribution in [-0.2, 0) is 5.41 Å². The van der Waals surface area contributed by atoms with Gasteiger partial charge >= 0.3 is 5.96 Å². The van der Waals surface area contributed by atoms with Crippen molar-refractivity contribution in [2.45, 2.75) is 55.6 Å². The molecule has 0 bridgehead atoms. The van der Waals surface area contributed by atoms with Gasteiger partial charge in [-0.2, -0.15) is 4.39 Å². The molecule has 1 fully saturated rings. The van der Waals surface area contributed by atoms with Crippen molar-refractivity contribution in [3.63, 3.8) is 0 Å². The van der Waals surface area contributed by atoms with Crippen LogP contribution in [0.2, 0.25) is 0 Å². The monoisotopic (exact) mass is 566 g/mol. The Balaban J connectivity index is 1.23. The summed E-state index contributed by atoms with van der Waals surface area (Å²) in [6.07, 6.45) is -0.347. The van der Waals surface area contributed by atoms with Crippen molar-refractivity contribution >= 4 is 23.7 Å². The highest BCUT2D eigenvalue weighted by molar-refractivity contribution is 5.98. The number of hydrogen-bond donors (Lipinski definition) is 7. The second-order valence-corrected chi connectivity index (χ2v) is 11.4. The maximum atomic E-state index is 13.5. The summed E-state index contributed by atoms with van der Waals surface area (Å²) in [7, 11) is 0. The Morgan fingerprint density at radius 1 is 1.24 bits per heavy atom. The molecule has 5 atom stereocenters. The number of amides is 2. The van der Waals surface area contributed by atoms with Gasteiger partial charge in [-0.25, -0.2) is 15.3 Å². The van der Waals surface area contributed by atoms with Gasteiger partial charge in [-0.3, -0.25) is 20.3 Å². The molecule has 4 aliphatic heterocycles.